The summed E-state index contributed by atoms with van der Waals surface area (Å²) >= 11 is 11.4. The van der Waals surface area contributed by atoms with Crippen LogP contribution in [0.4, 0.5) is 0 Å². The van der Waals surface area contributed by atoms with Gasteiger partial charge < -0.3 is 4.57 Å². The third-order valence-electron chi connectivity index (χ3n) is 4.33. The van der Waals surface area contributed by atoms with Gasteiger partial charge >= 0.3 is 0 Å². The lowest BCUT2D eigenvalue weighted by atomic mass is 10.2. The number of hydrogen-bond donors (Lipinski definition) is 0. The molecule has 1 atom stereocenters. The molecule has 1 saturated heterocycles. The highest BCUT2D eigenvalue weighted by molar-refractivity contribution is 7.91. The molecule has 2 aromatic rings. The maximum Gasteiger partial charge on any atom is 0.199 e. The quantitative estimate of drug-likeness (QED) is 0.755. The minimum absolute atomic E-state index is 0.0119. The smallest absolute Gasteiger partial charge is 0.199 e. The van der Waals surface area contributed by atoms with Crippen LogP contribution in [-0.2, 0) is 23.6 Å². The van der Waals surface area contributed by atoms with E-state index in [-0.39, 0.29) is 17.5 Å². The second-order valence-corrected chi connectivity index (χ2v) is 9.16. The number of nitrogens with zero attached hydrogens (tertiary/aromatic N) is 4. The summed E-state index contributed by atoms with van der Waals surface area (Å²) in [6.45, 7) is 0.459. The highest BCUT2D eigenvalue weighted by Gasteiger charge is 2.30. The number of halogens is 1. The van der Waals surface area contributed by atoms with Crippen LogP contribution in [0.25, 0.3) is 11.4 Å². The number of benzene rings is 1. The third-order valence-corrected chi connectivity index (χ3v) is 6.82. The summed E-state index contributed by atoms with van der Waals surface area (Å²) in [5.41, 5.74) is 0.929. The Labute approximate surface area is 151 Å². The lowest BCUT2D eigenvalue weighted by Crippen LogP contribution is -2.34. The fraction of sp³-hybridized carbons (Fsp3) is 0.467. The van der Waals surface area contributed by atoms with Crippen molar-refractivity contribution in [2.45, 2.75) is 19.1 Å². The van der Waals surface area contributed by atoms with Crippen molar-refractivity contribution in [1.82, 2.24) is 19.2 Å². The first-order chi connectivity index (χ1) is 11.3. The number of aromatic nitrogens is 3. The van der Waals surface area contributed by atoms with Crippen molar-refractivity contribution in [3.63, 3.8) is 0 Å². The number of sulfone groups is 1. The van der Waals surface area contributed by atoms with Crippen molar-refractivity contribution >= 4 is 33.7 Å². The Bertz CT molecular complexity index is 903. The predicted octanol–water partition coefficient (Wildman–Crippen LogP) is 2.35. The van der Waals surface area contributed by atoms with Crippen molar-refractivity contribution in [2.75, 3.05) is 18.6 Å². The Balaban J connectivity index is 1.83. The molecule has 6 nitrogen and oxygen atoms in total. The van der Waals surface area contributed by atoms with Crippen molar-refractivity contribution in [2.24, 2.45) is 7.05 Å². The van der Waals surface area contributed by atoms with E-state index in [9.17, 15) is 8.42 Å². The van der Waals surface area contributed by atoms with E-state index in [1.165, 1.54) is 0 Å². The third kappa shape index (κ3) is 3.56. The molecular formula is C15H19ClN4O2S2. The van der Waals surface area contributed by atoms with Gasteiger partial charge in [-0.25, -0.2) is 13.1 Å². The van der Waals surface area contributed by atoms with Crippen molar-refractivity contribution in [1.29, 1.82) is 0 Å². The summed E-state index contributed by atoms with van der Waals surface area (Å²) in [6.07, 6.45) is 0.656. The van der Waals surface area contributed by atoms with Crippen LogP contribution in [0.3, 0.4) is 0 Å². The Morgan fingerprint density at radius 3 is 2.62 bits per heavy atom. The normalized spacial score (nSPS) is 19.9. The number of hydrogen-bond acceptors (Lipinski definition) is 5. The average molecular weight is 387 g/mol. The maximum atomic E-state index is 11.7. The lowest BCUT2D eigenvalue weighted by molar-refractivity contribution is 0.196. The van der Waals surface area contributed by atoms with Gasteiger partial charge in [0.25, 0.3) is 0 Å². The molecule has 1 aromatic carbocycles. The lowest BCUT2D eigenvalue weighted by Gasteiger charge is -2.22. The molecule has 0 amide bonds. The van der Waals surface area contributed by atoms with Crippen molar-refractivity contribution in [3.8, 4) is 11.4 Å². The molecule has 0 radical (unpaired) electrons. The molecule has 9 heteroatoms. The fourth-order valence-corrected chi connectivity index (χ4v) is 5.00. The first-order valence-electron chi connectivity index (χ1n) is 7.57. The van der Waals surface area contributed by atoms with Crippen LogP contribution in [0.5, 0.6) is 0 Å². The Hall–Kier alpha value is -1.22. The minimum atomic E-state index is -2.91. The van der Waals surface area contributed by atoms with Gasteiger partial charge in [-0.3, -0.25) is 4.90 Å². The molecule has 0 N–H and O–H groups in total. The van der Waals surface area contributed by atoms with E-state index in [2.05, 4.69) is 5.10 Å². The van der Waals surface area contributed by atoms with E-state index in [0.717, 1.165) is 11.4 Å². The summed E-state index contributed by atoms with van der Waals surface area (Å²) in [4.78, 5) is 2.00. The van der Waals surface area contributed by atoms with Crippen LogP contribution in [0.1, 0.15) is 6.42 Å². The molecule has 0 aliphatic carbocycles. The van der Waals surface area contributed by atoms with Crippen LogP contribution in [0.2, 0.25) is 5.02 Å². The van der Waals surface area contributed by atoms with E-state index >= 15 is 0 Å². The largest absolute Gasteiger partial charge is 0.303 e. The molecule has 2 heterocycles. The van der Waals surface area contributed by atoms with E-state index in [4.69, 9.17) is 23.8 Å². The Morgan fingerprint density at radius 2 is 2.04 bits per heavy atom. The SMILES string of the molecule is CN(Cn1nc(-c2ccc(Cl)cc2)n(C)c1=S)[C@H]1CCS(=O)(=O)C1. The van der Waals surface area contributed by atoms with Crippen LogP contribution >= 0.6 is 23.8 Å². The highest BCUT2D eigenvalue weighted by Crippen LogP contribution is 2.21. The fourth-order valence-electron chi connectivity index (χ4n) is 2.88. The van der Waals surface area contributed by atoms with Gasteiger partial charge in [0.15, 0.2) is 20.4 Å². The van der Waals surface area contributed by atoms with Gasteiger partial charge in [-0.15, -0.1) is 0 Å². The van der Waals surface area contributed by atoms with Crippen LogP contribution in [0.15, 0.2) is 24.3 Å². The van der Waals surface area contributed by atoms with Gasteiger partial charge in [-0.1, -0.05) is 11.6 Å². The second kappa shape index (κ2) is 6.59. The van der Waals surface area contributed by atoms with Gasteiger partial charge in [-0.05, 0) is 50.0 Å². The first kappa shape index (κ1) is 17.6. The van der Waals surface area contributed by atoms with E-state index < -0.39 is 9.84 Å². The zero-order chi connectivity index (χ0) is 17.5. The molecule has 1 aliphatic heterocycles. The highest BCUT2D eigenvalue weighted by atomic mass is 35.5. The predicted molar refractivity (Wildman–Crippen MR) is 97.3 cm³/mol. The van der Waals surface area contributed by atoms with Crippen LogP contribution in [-0.4, -0.2) is 52.3 Å². The van der Waals surface area contributed by atoms with E-state index in [0.29, 0.717) is 22.9 Å². The molecule has 1 aromatic heterocycles. The van der Waals surface area contributed by atoms with E-state index in [1.807, 2.05) is 47.8 Å². The van der Waals surface area contributed by atoms with Gasteiger partial charge in [-0.2, -0.15) is 5.10 Å². The van der Waals surface area contributed by atoms with Gasteiger partial charge in [0.2, 0.25) is 0 Å². The number of rotatable bonds is 4. The summed E-state index contributed by atoms with van der Waals surface area (Å²) in [5.74, 6) is 1.21. The molecular weight excluding hydrogens is 368 g/mol. The monoisotopic (exact) mass is 386 g/mol. The summed E-state index contributed by atoms with van der Waals surface area (Å²) in [6, 6.07) is 7.44. The molecule has 0 unspecified atom stereocenters. The standard InChI is InChI=1S/C15H19ClN4O2S2/c1-18(13-7-8-24(21,22)9-13)10-20-15(23)19(2)14(17-20)11-3-5-12(16)6-4-11/h3-6,13H,7-10H2,1-2H3/t13-/m0/s1. The zero-order valence-electron chi connectivity index (χ0n) is 13.5. The van der Waals surface area contributed by atoms with Gasteiger partial charge in [0.1, 0.15) is 0 Å². The molecule has 0 bridgehead atoms. The van der Waals surface area contributed by atoms with Crippen LogP contribution < -0.4 is 0 Å². The molecule has 0 spiro atoms. The van der Waals surface area contributed by atoms with Crippen LogP contribution in [0, 0.1) is 4.77 Å². The van der Waals surface area contributed by atoms with Gasteiger partial charge in [0.05, 0.1) is 18.2 Å². The Kier molecular flexibility index (Phi) is 4.83. The summed E-state index contributed by atoms with van der Waals surface area (Å²) < 4.78 is 27.5. The summed E-state index contributed by atoms with van der Waals surface area (Å²) in [7, 11) is 0.870. The Morgan fingerprint density at radius 1 is 1.38 bits per heavy atom. The molecule has 1 fully saturated rings. The topological polar surface area (TPSA) is 60.1 Å². The average Bonchev–Trinajstić information content (AvgIpc) is 3.03. The molecule has 130 valence electrons. The van der Waals surface area contributed by atoms with Crippen molar-refractivity contribution < 1.29 is 8.42 Å². The molecule has 24 heavy (non-hydrogen) atoms. The van der Waals surface area contributed by atoms with Crippen molar-refractivity contribution in [3.05, 3.63) is 34.1 Å². The molecule has 0 saturated carbocycles. The first-order valence-corrected chi connectivity index (χ1v) is 10.2. The van der Waals surface area contributed by atoms with E-state index in [1.54, 1.807) is 4.68 Å². The minimum Gasteiger partial charge on any atom is -0.303 e. The molecule has 3 rings (SSSR count). The van der Waals surface area contributed by atoms with Gasteiger partial charge in [0, 0.05) is 23.7 Å². The zero-order valence-corrected chi connectivity index (χ0v) is 15.9. The molecule has 1 aliphatic rings. The second-order valence-electron chi connectivity index (χ2n) is 6.13. The maximum absolute atomic E-state index is 11.7. The summed E-state index contributed by atoms with van der Waals surface area (Å²) in [5, 5.41) is 5.27.